The third-order valence-corrected chi connectivity index (χ3v) is 6.85. The van der Waals surface area contributed by atoms with Crippen molar-refractivity contribution >= 4 is 33.6 Å². The van der Waals surface area contributed by atoms with Crippen molar-refractivity contribution in [2.75, 3.05) is 51.3 Å². The molecule has 0 spiro atoms. The Hall–Kier alpha value is -2.58. The lowest BCUT2D eigenvalue weighted by Gasteiger charge is -2.26. The highest BCUT2D eigenvalue weighted by atomic mass is 32.2. The number of anilines is 1. The molecule has 1 amide bonds. The van der Waals surface area contributed by atoms with Crippen molar-refractivity contribution in [1.82, 2.24) is 9.62 Å². The van der Waals surface area contributed by atoms with Gasteiger partial charge in [0.15, 0.2) is 0 Å². The first-order valence-electron chi connectivity index (χ1n) is 10.4. The molecular weight excluding hydrogens is 458 g/mol. The molecule has 0 aromatic heterocycles. The van der Waals surface area contributed by atoms with E-state index in [2.05, 4.69) is 10.6 Å². The van der Waals surface area contributed by atoms with Crippen LogP contribution in [0.2, 0.25) is 0 Å². The van der Waals surface area contributed by atoms with E-state index in [1.165, 1.54) is 10.4 Å². The van der Waals surface area contributed by atoms with Gasteiger partial charge in [-0.25, -0.2) is 18.0 Å². The molecule has 1 aromatic carbocycles. The molecule has 1 unspecified atom stereocenters. The molecule has 12 nitrogen and oxygen atoms in total. The van der Waals surface area contributed by atoms with Gasteiger partial charge in [-0.15, -0.1) is 0 Å². The number of rotatable bonds is 7. The van der Waals surface area contributed by atoms with Crippen LogP contribution in [0.15, 0.2) is 23.1 Å². The van der Waals surface area contributed by atoms with E-state index in [4.69, 9.17) is 29.3 Å². The molecule has 2 aliphatic heterocycles. The number of hydrogen-bond donors (Lipinski definition) is 4. The van der Waals surface area contributed by atoms with Crippen molar-refractivity contribution in [2.24, 2.45) is 0 Å². The van der Waals surface area contributed by atoms with Gasteiger partial charge in [0, 0.05) is 31.9 Å². The Labute approximate surface area is 191 Å². The van der Waals surface area contributed by atoms with E-state index in [0.29, 0.717) is 38.5 Å². The molecule has 1 atom stereocenters. The first-order valence-corrected chi connectivity index (χ1v) is 11.8. The fourth-order valence-corrected chi connectivity index (χ4v) is 4.61. The number of aliphatic carboxylic acids is 2. The minimum atomic E-state index is -3.60. The quantitative estimate of drug-likeness (QED) is 0.380. The van der Waals surface area contributed by atoms with Crippen LogP contribution in [-0.4, -0.2) is 92.9 Å². The third-order valence-electron chi connectivity index (χ3n) is 4.96. The summed E-state index contributed by atoms with van der Waals surface area (Å²) < 4.78 is 37.7. The number of amides is 1. The monoisotopic (exact) mass is 487 g/mol. The Balaban J connectivity index is 0.000000569. The van der Waals surface area contributed by atoms with Crippen LogP contribution in [0.1, 0.15) is 18.4 Å². The Morgan fingerprint density at radius 1 is 1.12 bits per heavy atom. The fourth-order valence-electron chi connectivity index (χ4n) is 3.18. The number of nitrogens with one attached hydrogen (secondary N) is 2. The summed E-state index contributed by atoms with van der Waals surface area (Å²) in [5.41, 5.74) is 1.32. The van der Waals surface area contributed by atoms with E-state index < -0.39 is 22.0 Å². The Morgan fingerprint density at radius 2 is 1.79 bits per heavy atom. The first kappa shape index (κ1) is 26.7. The summed E-state index contributed by atoms with van der Waals surface area (Å²) in [6.07, 6.45) is 2.23. The summed E-state index contributed by atoms with van der Waals surface area (Å²) in [7, 11) is -3.60. The zero-order chi connectivity index (χ0) is 24.4. The number of ether oxygens (including phenoxy) is 2. The van der Waals surface area contributed by atoms with E-state index in [1.807, 2.05) is 6.92 Å². The zero-order valence-corrected chi connectivity index (χ0v) is 19.1. The molecule has 2 saturated heterocycles. The van der Waals surface area contributed by atoms with Crippen molar-refractivity contribution in [2.45, 2.75) is 30.8 Å². The second-order valence-corrected chi connectivity index (χ2v) is 9.36. The van der Waals surface area contributed by atoms with Gasteiger partial charge in [0.25, 0.3) is 0 Å². The molecule has 2 fully saturated rings. The number of carbonyl (C=O) groups excluding carboxylic acids is 1. The van der Waals surface area contributed by atoms with Crippen LogP contribution < -0.4 is 10.6 Å². The fraction of sp³-hybridized carbons (Fsp3) is 0.550. The summed E-state index contributed by atoms with van der Waals surface area (Å²) in [5.74, 6) is -3.86. The highest BCUT2D eigenvalue weighted by molar-refractivity contribution is 7.89. The lowest BCUT2D eigenvalue weighted by Crippen LogP contribution is -2.40. The highest BCUT2D eigenvalue weighted by Gasteiger charge is 2.27. The van der Waals surface area contributed by atoms with Crippen molar-refractivity contribution < 1.29 is 42.5 Å². The molecule has 184 valence electrons. The number of carboxylic acid groups (broad SMARTS) is 2. The average molecular weight is 488 g/mol. The molecule has 2 heterocycles. The number of carbonyl (C=O) groups is 3. The highest BCUT2D eigenvalue weighted by Crippen LogP contribution is 2.23. The van der Waals surface area contributed by atoms with E-state index in [0.717, 1.165) is 25.0 Å². The van der Waals surface area contributed by atoms with Gasteiger partial charge in [0.05, 0.1) is 30.8 Å². The average Bonchev–Trinajstić information content (AvgIpc) is 3.29. The van der Waals surface area contributed by atoms with Gasteiger partial charge in [-0.05, 0) is 37.5 Å². The minimum Gasteiger partial charge on any atom is -0.473 e. The maximum Gasteiger partial charge on any atom is 0.414 e. The van der Waals surface area contributed by atoms with Gasteiger partial charge in [-0.3, -0.25) is 4.79 Å². The van der Waals surface area contributed by atoms with Crippen LogP contribution in [0.25, 0.3) is 0 Å². The molecule has 1 aromatic rings. The van der Waals surface area contributed by atoms with Gasteiger partial charge < -0.3 is 30.3 Å². The van der Waals surface area contributed by atoms with Crippen molar-refractivity contribution in [1.29, 1.82) is 0 Å². The van der Waals surface area contributed by atoms with Crippen molar-refractivity contribution in [3.8, 4) is 0 Å². The van der Waals surface area contributed by atoms with Gasteiger partial charge in [-0.1, -0.05) is 6.07 Å². The largest absolute Gasteiger partial charge is 0.473 e. The van der Waals surface area contributed by atoms with Crippen LogP contribution in [0.5, 0.6) is 0 Å². The number of aryl methyl sites for hydroxylation is 1. The number of hydrogen-bond acceptors (Lipinski definition) is 8. The summed E-state index contributed by atoms with van der Waals surface area (Å²) in [6, 6.07) is 4.81. The van der Waals surface area contributed by atoms with Crippen molar-refractivity contribution in [3.63, 3.8) is 0 Å². The Bertz CT molecular complexity index is 928. The molecule has 0 bridgehead atoms. The molecule has 13 heteroatoms. The molecule has 0 radical (unpaired) electrons. The summed E-state index contributed by atoms with van der Waals surface area (Å²) in [5, 5.41) is 20.7. The smallest absolute Gasteiger partial charge is 0.414 e. The first-order chi connectivity index (χ1) is 15.6. The lowest BCUT2D eigenvalue weighted by molar-refractivity contribution is -0.159. The van der Waals surface area contributed by atoms with E-state index >= 15 is 0 Å². The predicted molar refractivity (Wildman–Crippen MR) is 117 cm³/mol. The van der Waals surface area contributed by atoms with E-state index in [9.17, 15) is 13.2 Å². The number of morpholine rings is 1. The summed E-state index contributed by atoms with van der Waals surface area (Å²) in [6.45, 7) is 4.87. The molecular formula is C20H29N3O9S. The maximum atomic E-state index is 12.8. The summed E-state index contributed by atoms with van der Waals surface area (Å²) >= 11 is 0. The van der Waals surface area contributed by atoms with E-state index in [-0.39, 0.29) is 23.5 Å². The van der Waals surface area contributed by atoms with Crippen LogP contribution in [0.3, 0.4) is 0 Å². The second kappa shape index (κ2) is 12.6. The Morgan fingerprint density at radius 3 is 2.36 bits per heavy atom. The van der Waals surface area contributed by atoms with Crippen molar-refractivity contribution in [3.05, 3.63) is 23.8 Å². The predicted octanol–water partition coefficient (Wildman–Crippen LogP) is -0.121. The maximum absolute atomic E-state index is 12.8. The van der Waals surface area contributed by atoms with Crippen LogP contribution >= 0.6 is 0 Å². The standard InChI is InChI=1S/C18H27N3O5S.C2H2O4/c1-14-4-5-16(27(23,24)21-6-9-25-10-7-21)11-17(14)20-18(22)13-19-12-15-3-2-8-26-15;3-1(4)2(5)6/h4-5,11,15,19H,2-3,6-10,12-13H2,1H3,(H,20,22);(H,3,4)(H,5,6). The molecule has 33 heavy (non-hydrogen) atoms. The lowest BCUT2D eigenvalue weighted by atomic mass is 10.2. The van der Waals surface area contributed by atoms with Crippen LogP contribution in [0.4, 0.5) is 5.69 Å². The topological polar surface area (TPSA) is 172 Å². The molecule has 2 aliphatic rings. The number of carboxylic acids is 2. The van der Waals surface area contributed by atoms with Gasteiger partial charge in [0.2, 0.25) is 15.9 Å². The molecule has 3 rings (SSSR count). The van der Waals surface area contributed by atoms with E-state index in [1.54, 1.807) is 12.1 Å². The number of sulfonamides is 1. The minimum absolute atomic E-state index is 0.153. The number of nitrogens with zero attached hydrogens (tertiary/aromatic N) is 1. The SMILES string of the molecule is Cc1ccc(S(=O)(=O)N2CCOCC2)cc1NC(=O)CNCC1CCCO1.O=C(O)C(=O)O. The molecule has 4 N–H and O–H groups in total. The van der Waals surface area contributed by atoms with Crippen LogP contribution in [0, 0.1) is 6.92 Å². The van der Waals surface area contributed by atoms with Gasteiger partial charge >= 0.3 is 11.9 Å². The zero-order valence-electron chi connectivity index (χ0n) is 18.3. The normalized spacial score (nSPS) is 18.8. The van der Waals surface area contributed by atoms with Gasteiger partial charge in [-0.2, -0.15) is 4.31 Å². The second-order valence-electron chi connectivity index (χ2n) is 7.42. The molecule has 0 saturated carbocycles. The Kier molecular flexibility index (Phi) is 10.2. The number of benzene rings is 1. The summed E-state index contributed by atoms with van der Waals surface area (Å²) in [4.78, 5) is 30.6. The third kappa shape index (κ3) is 8.37. The molecule has 0 aliphatic carbocycles. The van der Waals surface area contributed by atoms with Gasteiger partial charge in [0.1, 0.15) is 0 Å². The van der Waals surface area contributed by atoms with Crippen LogP contribution in [-0.2, 0) is 33.9 Å².